The molecule has 25 heavy (non-hydrogen) atoms. The summed E-state index contributed by atoms with van der Waals surface area (Å²) < 4.78 is 15.7. The van der Waals surface area contributed by atoms with Crippen LogP contribution in [0, 0.1) is 0 Å². The Morgan fingerprint density at radius 1 is 1.48 bits per heavy atom. The van der Waals surface area contributed by atoms with E-state index in [0.717, 1.165) is 28.5 Å². The number of aliphatic imine (C=N–C) groups is 2. The average Bonchev–Trinajstić information content (AvgIpc) is 2.95. The van der Waals surface area contributed by atoms with Crippen LogP contribution in [0.5, 0.6) is 0 Å². The van der Waals surface area contributed by atoms with Gasteiger partial charge in [-0.1, -0.05) is 12.2 Å². The van der Waals surface area contributed by atoms with Gasteiger partial charge in [0.2, 0.25) is 0 Å². The lowest BCUT2D eigenvalue weighted by atomic mass is 9.95. The molecular weight excluding hydrogens is 337 g/mol. The minimum absolute atomic E-state index is 0.292. The lowest BCUT2D eigenvalue weighted by Crippen LogP contribution is -2.38. The number of hydrogen-bond donors (Lipinski definition) is 3. The molecule has 138 valence electrons. The number of alkyl halides is 1. The highest BCUT2D eigenvalue weighted by atomic mass is 32.1. The number of hydrogen-bond acceptors (Lipinski definition) is 6. The van der Waals surface area contributed by atoms with E-state index in [2.05, 4.69) is 33.5 Å². The SMILES string of the molecule is C/C=C\C(=NC)C1=C2CC(F)(C/C(=C/C)NNC)CN2C(CS)=NC1. The number of nitrogens with one attached hydrogen (secondary N) is 2. The lowest BCUT2D eigenvalue weighted by molar-refractivity contribution is 0.176. The van der Waals surface area contributed by atoms with Gasteiger partial charge in [-0.3, -0.25) is 9.98 Å². The summed E-state index contributed by atoms with van der Waals surface area (Å²) in [7, 11) is 3.54. The minimum Gasteiger partial charge on any atom is -0.329 e. The summed E-state index contributed by atoms with van der Waals surface area (Å²) in [6.45, 7) is 4.68. The van der Waals surface area contributed by atoms with Gasteiger partial charge in [0.05, 0.1) is 18.8 Å². The molecule has 5 nitrogen and oxygen atoms in total. The normalized spacial score (nSPS) is 24.9. The fourth-order valence-corrected chi connectivity index (χ4v) is 3.64. The Morgan fingerprint density at radius 2 is 2.24 bits per heavy atom. The monoisotopic (exact) mass is 365 g/mol. The molecule has 0 amide bonds. The van der Waals surface area contributed by atoms with E-state index in [4.69, 9.17) is 0 Å². The molecule has 2 aliphatic rings. The number of hydrazine groups is 1. The van der Waals surface area contributed by atoms with Gasteiger partial charge in [0.1, 0.15) is 11.5 Å². The van der Waals surface area contributed by atoms with Gasteiger partial charge in [0.25, 0.3) is 0 Å². The van der Waals surface area contributed by atoms with Gasteiger partial charge in [0, 0.05) is 49.7 Å². The highest BCUT2D eigenvalue weighted by molar-refractivity contribution is 7.81. The third-order valence-electron chi connectivity index (χ3n) is 4.49. The topological polar surface area (TPSA) is 52.0 Å². The molecule has 2 aliphatic heterocycles. The summed E-state index contributed by atoms with van der Waals surface area (Å²) in [5.74, 6) is 1.33. The molecule has 2 rings (SSSR count). The minimum atomic E-state index is -1.35. The lowest BCUT2D eigenvalue weighted by Gasteiger charge is -2.28. The largest absolute Gasteiger partial charge is 0.329 e. The Bertz CT molecular complexity index is 650. The summed E-state index contributed by atoms with van der Waals surface area (Å²) >= 11 is 4.37. The maximum atomic E-state index is 15.7. The Hall–Kier alpha value is -1.60. The van der Waals surface area contributed by atoms with E-state index in [-0.39, 0.29) is 0 Å². The molecule has 0 radical (unpaired) electrons. The second-order valence-electron chi connectivity index (χ2n) is 6.20. The molecule has 2 N–H and O–H groups in total. The van der Waals surface area contributed by atoms with Crippen molar-refractivity contribution in [1.82, 2.24) is 15.8 Å². The van der Waals surface area contributed by atoms with Crippen LogP contribution in [0.1, 0.15) is 26.7 Å². The van der Waals surface area contributed by atoms with Gasteiger partial charge in [-0.05, 0) is 19.9 Å². The van der Waals surface area contributed by atoms with Crippen LogP contribution < -0.4 is 10.9 Å². The van der Waals surface area contributed by atoms with Crippen molar-refractivity contribution in [2.75, 3.05) is 32.9 Å². The van der Waals surface area contributed by atoms with Crippen LogP contribution in [-0.4, -0.2) is 55.1 Å². The highest BCUT2D eigenvalue weighted by Gasteiger charge is 2.45. The van der Waals surface area contributed by atoms with Crippen LogP contribution in [-0.2, 0) is 0 Å². The van der Waals surface area contributed by atoms with Crippen LogP contribution in [0.2, 0.25) is 0 Å². The quantitative estimate of drug-likeness (QED) is 0.369. The second-order valence-corrected chi connectivity index (χ2v) is 6.52. The van der Waals surface area contributed by atoms with Crippen LogP contribution in [0.3, 0.4) is 0 Å². The van der Waals surface area contributed by atoms with Gasteiger partial charge in [0.15, 0.2) is 0 Å². The van der Waals surface area contributed by atoms with Crippen LogP contribution >= 0.6 is 12.6 Å². The summed E-state index contributed by atoms with van der Waals surface area (Å²) in [6, 6.07) is 0. The molecule has 0 aromatic heterocycles. The maximum absolute atomic E-state index is 15.7. The molecule has 0 spiro atoms. The third kappa shape index (κ3) is 4.33. The van der Waals surface area contributed by atoms with Gasteiger partial charge in [-0.25, -0.2) is 9.82 Å². The van der Waals surface area contributed by atoms with Crippen molar-refractivity contribution in [2.45, 2.75) is 32.4 Å². The smallest absolute Gasteiger partial charge is 0.139 e. The molecule has 7 heteroatoms. The second kappa shape index (κ2) is 8.67. The summed E-state index contributed by atoms with van der Waals surface area (Å²) in [5.41, 5.74) is 8.24. The van der Waals surface area contributed by atoms with Crippen molar-refractivity contribution in [1.29, 1.82) is 0 Å². The predicted molar refractivity (Wildman–Crippen MR) is 107 cm³/mol. The van der Waals surface area contributed by atoms with Crippen molar-refractivity contribution in [3.63, 3.8) is 0 Å². The van der Waals surface area contributed by atoms with Crippen LogP contribution in [0.15, 0.2) is 45.2 Å². The van der Waals surface area contributed by atoms with Crippen LogP contribution in [0.25, 0.3) is 0 Å². The summed E-state index contributed by atoms with van der Waals surface area (Å²) in [5, 5.41) is 0. The highest BCUT2D eigenvalue weighted by Crippen LogP contribution is 2.41. The van der Waals surface area contributed by atoms with E-state index >= 15 is 4.39 Å². The summed E-state index contributed by atoms with van der Waals surface area (Å²) in [4.78, 5) is 11.0. The molecule has 0 aromatic carbocycles. The standard InChI is InChI=1S/C18H28FN5S/c1-5-7-15(20-3)14-10-22-17(11-25)24-12-18(19,9-16(14)24)8-13(6-2)23-21-4/h5-7,21,23,25H,8-12H2,1-4H3/b7-5-,13-6-,20-15?. The number of allylic oxidation sites excluding steroid dienone is 5. The van der Waals surface area contributed by atoms with Crippen molar-refractivity contribution < 1.29 is 4.39 Å². The molecule has 1 fully saturated rings. The molecule has 1 unspecified atom stereocenters. The number of rotatable bonds is 7. The molecule has 0 bridgehead atoms. The molecule has 0 aromatic rings. The number of halogens is 1. The van der Waals surface area contributed by atoms with E-state index < -0.39 is 5.67 Å². The molecule has 1 saturated heterocycles. The number of amidine groups is 1. The van der Waals surface area contributed by atoms with Crippen molar-refractivity contribution in [2.24, 2.45) is 9.98 Å². The Balaban J connectivity index is 2.37. The van der Waals surface area contributed by atoms with E-state index in [1.165, 1.54) is 0 Å². The Morgan fingerprint density at radius 3 is 2.80 bits per heavy atom. The zero-order valence-corrected chi connectivity index (χ0v) is 16.3. The van der Waals surface area contributed by atoms with Crippen molar-refractivity contribution >= 4 is 24.2 Å². The first-order valence-corrected chi connectivity index (χ1v) is 9.15. The average molecular weight is 366 g/mol. The number of fused-ring (bicyclic) bond motifs is 1. The molecule has 1 atom stereocenters. The molecular formula is C18H28FN5S. The summed E-state index contributed by atoms with van der Waals surface area (Å²) in [6.07, 6.45) is 6.48. The maximum Gasteiger partial charge on any atom is 0.139 e. The zero-order chi connectivity index (χ0) is 18.4. The molecule has 0 aliphatic carbocycles. The first kappa shape index (κ1) is 19.7. The van der Waals surface area contributed by atoms with E-state index in [1.54, 1.807) is 14.1 Å². The predicted octanol–water partition coefficient (Wildman–Crippen LogP) is 2.66. The number of thiol groups is 1. The molecule has 0 saturated carbocycles. The van der Waals surface area contributed by atoms with Crippen LogP contribution in [0.4, 0.5) is 4.39 Å². The third-order valence-corrected chi connectivity index (χ3v) is 4.77. The Kier molecular flexibility index (Phi) is 6.84. The van der Waals surface area contributed by atoms with E-state index in [0.29, 0.717) is 31.7 Å². The van der Waals surface area contributed by atoms with Gasteiger partial charge in [-0.15, -0.1) is 0 Å². The van der Waals surface area contributed by atoms with E-state index in [1.807, 2.05) is 37.0 Å². The molecule has 2 heterocycles. The van der Waals surface area contributed by atoms with Crippen molar-refractivity contribution in [3.05, 3.63) is 35.2 Å². The van der Waals surface area contributed by atoms with Gasteiger partial charge in [-0.2, -0.15) is 12.6 Å². The Labute approximate surface area is 155 Å². The fourth-order valence-electron chi connectivity index (χ4n) is 3.36. The fraction of sp³-hybridized carbons (Fsp3) is 0.556. The van der Waals surface area contributed by atoms with E-state index in [9.17, 15) is 0 Å². The van der Waals surface area contributed by atoms with Gasteiger partial charge < -0.3 is 10.3 Å². The zero-order valence-electron chi connectivity index (χ0n) is 15.4. The van der Waals surface area contributed by atoms with Gasteiger partial charge >= 0.3 is 0 Å². The van der Waals surface area contributed by atoms with Crippen molar-refractivity contribution in [3.8, 4) is 0 Å². The first-order valence-electron chi connectivity index (χ1n) is 8.52. The first-order chi connectivity index (χ1) is 12.0. The number of nitrogens with zero attached hydrogens (tertiary/aromatic N) is 3.